The van der Waals surface area contributed by atoms with E-state index in [2.05, 4.69) is 24.2 Å². The summed E-state index contributed by atoms with van der Waals surface area (Å²) in [6.45, 7) is 8.90. The highest BCUT2D eigenvalue weighted by atomic mass is 16.5. The Balaban J connectivity index is 1.85. The van der Waals surface area contributed by atoms with Crippen molar-refractivity contribution in [1.82, 2.24) is 0 Å². The van der Waals surface area contributed by atoms with E-state index in [1.807, 2.05) is 38.1 Å². The first-order valence-electron chi connectivity index (χ1n) is 7.93. The third-order valence-electron chi connectivity index (χ3n) is 3.74. The Bertz CT molecular complexity index is 499. The third-order valence-corrected chi connectivity index (χ3v) is 3.74. The topological polar surface area (TPSA) is 68.9 Å². The smallest absolute Gasteiger partial charge is 0.193 e. The van der Waals surface area contributed by atoms with Crippen LogP contribution in [0.1, 0.15) is 34.1 Å². The monoisotopic (exact) mass is 305 g/mol. The molecule has 0 spiro atoms. The Hall–Kier alpha value is -1.75. The Kier molecular flexibility index (Phi) is 5.66. The van der Waals surface area contributed by atoms with Crippen LogP contribution in [0.5, 0.6) is 5.75 Å². The largest absolute Gasteiger partial charge is 0.491 e. The van der Waals surface area contributed by atoms with Gasteiger partial charge < -0.3 is 20.5 Å². The number of aliphatic imine (C=N–C) groups is 1. The Morgan fingerprint density at radius 2 is 2.05 bits per heavy atom. The van der Waals surface area contributed by atoms with Crippen LogP contribution in [0.4, 0.5) is 5.69 Å². The van der Waals surface area contributed by atoms with Gasteiger partial charge in [-0.3, -0.25) is 4.99 Å². The minimum atomic E-state index is 0.170. The molecule has 22 heavy (non-hydrogen) atoms. The maximum atomic E-state index is 5.95. The zero-order chi connectivity index (χ0) is 16.1. The molecule has 3 unspecified atom stereocenters. The van der Waals surface area contributed by atoms with Crippen LogP contribution in [-0.4, -0.2) is 30.8 Å². The van der Waals surface area contributed by atoms with Crippen LogP contribution in [0.25, 0.3) is 0 Å². The first kappa shape index (κ1) is 16.6. The fourth-order valence-corrected chi connectivity index (χ4v) is 2.67. The summed E-state index contributed by atoms with van der Waals surface area (Å²) in [6, 6.07) is 7.71. The van der Waals surface area contributed by atoms with Crippen LogP contribution in [-0.2, 0) is 4.74 Å². The molecule has 1 aromatic rings. The standard InChI is InChI=1S/C17H27N3O2/c1-11(2)21-16-7-5-15(6-8-16)20-17(18)19-10-14-9-12(3)22-13(14)4/h5-8,11-14H,9-10H2,1-4H3,(H3,18,19,20). The van der Waals surface area contributed by atoms with E-state index in [1.54, 1.807) is 0 Å². The van der Waals surface area contributed by atoms with Crippen LogP contribution < -0.4 is 15.8 Å². The van der Waals surface area contributed by atoms with Crippen molar-refractivity contribution < 1.29 is 9.47 Å². The van der Waals surface area contributed by atoms with Gasteiger partial charge in [-0.25, -0.2) is 0 Å². The van der Waals surface area contributed by atoms with Gasteiger partial charge in [-0.1, -0.05) is 0 Å². The Labute approximate surface area is 132 Å². The molecular weight excluding hydrogens is 278 g/mol. The third kappa shape index (κ3) is 4.91. The maximum Gasteiger partial charge on any atom is 0.193 e. The highest BCUT2D eigenvalue weighted by Gasteiger charge is 2.29. The van der Waals surface area contributed by atoms with Gasteiger partial charge in [0, 0.05) is 18.2 Å². The molecule has 0 aromatic heterocycles. The van der Waals surface area contributed by atoms with Crippen molar-refractivity contribution in [3.05, 3.63) is 24.3 Å². The summed E-state index contributed by atoms with van der Waals surface area (Å²) >= 11 is 0. The summed E-state index contributed by atoms with van der Waals surface area (Å²) < 4.78 is 11.3. The summed E-state index contributed by atoms with van der Waals surface area (Å²) in [4.78, 5) is 4.43. The number of ether oxygens (including phenoxy) is 2. The van der Waals surface area contributed by atoms with E-state index in [0.717, 1.165) is 17.9 Å². The van der Waals surface area contributed by atoms with Crippen molar-refractivity contribution in [2.45, 2.75) is 52.4 Å². The lowest BCUT2D eigenvalue weighted by Crippen LogP contribution is -2.25. The summed E-state index contributed by atoms with van der Waals surface area (Å²) in [5, 5.41) is 3.10. The molecule has 1 aromatic carbocycles. The lowest BCUT2D eigenvalue weighted by atomic mass is 10.0. The van der Waals surface area contributed by atoms with E-state index in [-0.39, 0.29) is 12.2 Å². The molecule has 0 aliphatic carbocycles. The second kappa shape index (κ2) is 7.49. The van der Waals surface area contributed by atoms with Crippen molar-refractivity contribution in [3.8, 4) is 5.75 Å². The van der Waals surface area contributed by atoms with Crippen LogP contribution in [0, 0.1) is 5.92 Å². The molecule has 1 aliphatic rings. The molecule has 3 atom stereocenters. The van der Waals surface area contributed by atoms with Crippen LogP contribution in [0.2, 0.25) is 0 Å². The lowest BCUT2D eigenvalue weighted by molar-refractivity contribution is 0.0570. The molecular formula is C17H27N3O2. The SMILES string of the molecule is CC(C)Oc1ccc(NC(N)=NCC2CC(C)OC2C)cc1. The fourth-order valence-electron chi connectivity index (χ4n) is 2.67. The molecule has 1 saturated heterocycles. The van der Waals surface area contributed by atoms with Crippen molar-refractivity contribution in [1.29, 1.82) is 0 Å². The first-order chi connectivity index (χ1) is 10.4. The number of benzene rings is 1. The van der Waals surface area contributed by atoms with Gasteiger partial charge in [-0.2, -0.15) is 0 Å². The number of nitrogens with two attached hydrogens (primary N) is 1. The lowest BCUT2D eigenvalue weighted by Gasteiger charge is -2.12. The molecule has 1 aliphatic heterocycles. The highest BCUT2D eigenvalue weighted by molar-refractivity contribution is 5.92. The van der Waals surface area contributed by atoms with Gasteiger partial charge in [0.05, 0.1) is 18.3 Å². The summed E-state index contributed by atoms with van der Waals surface area (Å²) in [7, 11) is 0. The van der Waals surface area contributed by atoms with Crippen molar-refractivity contribution in [2.24, 2.45) is 16.6 Å². The van der Waals surface area contributed by atoms with Gasteiger partial charge in [0.1, 0.15) is 5.75 Å². The molecule has 1 fully saturated rings. The highest BCUT2D eigenvalue weighted by Crippen LogP contribution is 2.26. The van der Waals surface area contributed by atoms with Crippen LogP contribution >= 0.6 is 0 Å². The van der Waals surface area contributed by atoms with E-state index >= 15 is 0 Å². The van der Waals surface area contributed by atoms with Crippen LogP contribution in [0.15, 0.2) is 29.3 Å². The second-order valence-electron chi connectivity index (χ2n) is 6.19. The Morgan fingerprint density at radius 1 is 1.36 bits per heavy atom. The quantitative estimate of drug-likeness (QED) is 0.648. The fraction of sp³-hybridized carbons (Fsp3) is 0.588. The van der Waals surface area contributed by atoms with E-state index < -0.39 is 0 Å². The van der Waals surface area contributed by atoms with Gasteiger partial charge >= 0.3 is 0 Å². The van der Waals surface area contributed by atoms with E-state index in [9.17, 15) is 0 Å². The number of hydrogen-bond donors (Lipinski definition) is 2. The molecule has 3 N–H and O–H groups in total. The zero-order valence-corrected chi connectivity index (χ0v) is 13.9. The number of anilines is 1. The molecule has 5 nitrogen and oxygen atoms in total. The van der Waals surface area contributed by atoms with Crippen molar-refractivity contribution in [2.75, 3.05) is 11.9 Å². The van der Waals surface area contributed by atoms with Crippen molar-refractivity contribution in [3.63, 3.8) is 0 Å². The number of hydrogen-bond acceptors (Lipinski definition) is 3. The van der Waals surface area contributed by atoms with E-state index in [0.29, 0.717) is 24.5 Å². The minimum Gasteiger partial charge on any atom is -0.491 e. The zero-order valence-electron chi connectivity index (χ0n) is 13.9. The molecule has 0 bridgehead atoms. The minimum absolute atomic E-state index is 0.170. The van der Waals surface area contributed by atoms with E-state index in [4.69, 9.17) is 15.2 Å². The molecule has 0 radical (unpaired) electrons. The summed E-state index contributed by atoms with van der Waals surface area (Å²) in [5.41, 5.74) is 6.85. The molecule has 5 heteroatoms. The van der Waals surface area contributed by atoms with Gasteiger partial charge in [0.25, 0.3) is 0 Å². The maximum absolute atomic E-state index is 5.95. The average molecular weight is 305 g/mol. The number of rotatable bonds is 5. The van der Waals surface area contributed by atoms with Gasteiger partial charge in [-0.05, 0) is 58.4 Å². The van der Waals surface area contributed by atoms with Gasteiger partial charge in [-0.15, -0.1) is 0 Å². The van der Waals surface area contributed by atoms with Gasteiger partial charge in [0.2, 0.25) is 0 Å². The molecule has 122 valence electrons. The predicted molar refractivity (Wildman–Crippen MR) is 90.4 cm³/mol. The van der Waals surface area contributed by atoms with Gasteiger partial charge in [0.15, 0.2) is 5.96 Å². The molecule has 0 saturated carbocycles. The average Bonchev–Trinajstić information content (AvgIpc) is 2.76. The number of nitrogens with one attached hydrogen (secondary N) is 1. The van der Waals surface area contributed by atoms with Crippen LogP contribution in [0.3, 0.4) is 0 Å². The first-order valence-corrected chi connectivity index (χ1v) is 7.93. The summed E-state index contributed by atoms with van der Waals surface area (Å²) in [6.07, 6.45) is 1.78. The Morgan fingerprint density at radius 3 is 2.59 bits per heavy atom. The number of nitrogens with zero attached hydrogens (tertiary/aromatic N) is 1. The molecule has 0 amide bonds. The molecule has 2 rings (SSSR count). The second-order valence-corrected chi connectivity index (χ2v) is 6.19. The van der Waals surface area contributed by atoms with Crippen molar-refractivity contribution >= 4 is 11.6 Å². The van der Waals surface area contributed by atoms with E-state index in [1.165, 1.54) is 0 Å². The number of guanidine groups is 1. The summed E-state index contributed by atoms with van der Waals surface area (Å²) in [5.74, 6) is 1.73. The normalized spacial score (nSPS) is 25.5. The molecule has 1 heterocycles. The predicted octanol–water partition coefficient (Wildman–Crippen LogP) is 3.01.